The van der Waals surface area contributed by atoms with Crippen LogP contribution in [-0.2, 0) is 9.22 Å². The van der Waals surface area contributed by atoms with Crippen LogP contribution in [0.5, 0.6) is 0 Å². The van der Waals surface area contributed by atoms with Gasteiger partial charge < -0.3 is 9.33 Å². The smallest absolute Gasteiger partial charge is 0.251 e. The summed E-state index contributed by atoms with van der Waals surface area (Å²) in [5.41, 5.74) is 0. The predicted octanol–water partition coefficient (Wildman–Crippen LogP) is 3.01. The normalized spacial score (nSPS) is 20.4. The van der Waals surface area contributed by atoms with E-state index in [9.17, 15) is 4.79 Å². The second-order valence-corrected chi connectivity index (χ2v) is 11.7. The van der Waals surface area contributed by atoms with Gasteiger partial charge in [0.05, 0.1) is 11.9 Å². The summed E-state index contributed by atoms with van der Waals surface area (Å²) >= 11 is 3.25. The molecular formula is C14H24BrNO2Si. The van der Waals surface area contributed by atoms with E-state index in [1.807, 2.05) is 0 Å². The molecule has 0 aromatic heterocycles. The number of halogens is 1. The van der Waals surface area contributed by atoms with Crippen molar-refractivity contribution in [3.63, 3.8) is 0 Å². The molecule has 0 N–H and O–H groups in total. The zero-order valence-electron chi connectivity index (χ0n) is 12.5. The zero-order valence-corrected chi connectivity index (χ0v) is 15.1. The molecule has 1 unspecified atom stereocenters. The van der Waals surface area contributed by atoms with E-state index in [1.165, 1.54) is 0 Å². The Morgan fingerprint density at radius 1 is 1.42 bits per heavy atom. The van der Waals surface area contributed by atoms with Crippen LogP contribution in [0.1, 0.15) is 27.2 Å². The molecule has 1 amide bonds. The third-order valence-corrected chi connectivity index (χ3v) is 8.72. The van der Waals surface area contributed by atoms with Crippen molar-refractivity contribution in [3.8, 4) is 11.8 Å². The molecule has 1 heterocycles. The third kappa shape index (κ3) is 4.33. The molecule has 0 spiro atoms. The zero-order chi connectivity index (χ0) is 14.7. The highest BCUT2D eigenvalue weighted by atomic mass is 79.9. The fourth-order valence-electron chi connectivity index (χ4n) is 1.71. The van der Waals surface area contributed by atoms with E-state index in [2.05, 4.69) is 61.6 Å². The van der Waals surface area contributed by atoms with Gasteiger partial charge in [0.2, 0.25) is 0 Å². The first kappa shape index (κ1) is 16.7. The Kier molecular flexibility index (Phi) is 5.66. The van der Waals surface area contributed by atoms with Crippen LogP contribution < -0.4 is 0 Å². The minimum Gasteiger partial charge on any atom is -0.405 e. The number of hydrogen-bond donors (Lipinski definition) is 0. The number of likely N-dealkylation sites (tertiary alicyclic amines) is 1. The molecule has 1 saturated heterocycles. The summed E-state index contributed by atoms with van der Waals surface area (Å²) in [5, 5.41) is 0.787. The molecule has 0 bridgehead atoms. The number of nitrogens with zero attached hydrogens (tertiary/aromatic N) is 1. The van der Waals surface area contributed by atoms with Gasteiger partial charge in [-0.05, 0) is 24.6 Å². The number of carbonyl (C=O) groups is 1. The van der Waals surface area contributed by atoms with E-state index in [0.29, 0.717) is 11.9 Å². The standard InChI is InChI=1S/C14H24BrNO2Si/c1-14(2,3)19(4,5)18-12-8-11-16(13(12)17)10-7-6-9-15/h12H,8-11H2,1-5H3. The molecular weight excluding hydrogens is 322 g/mol. The third-order valence-electron chi connectivity index (χ3n) is 3.95. The maximum Gasteiger partial charge on any atom is 0.251 e. The lowest BCUT2D eigenvalue weighted by atomic mass is 10.2. The van der Waals surface area contributed by atoms with Crippen molar-refractivity contribution >= 4 is 30.2 Å². The molecule has 0 aliphatic carbocycles. The Morgan fingerprint density at radius 3 is 2.58 bits per heavy atom. The molecule has 0 aromatic carbocycles. The summed E-state index contributed by atoms with van der Waals surface area (Å²) in [7, 11) is -1.87. The SMILES string of the molecule is CC(C)(C)[Si](C)(C)OC1CCN(CC#CCBr)C1=O. The van der Waals surface area contributed by atoms with Crippen LogP contribution >= 0.6 is 15.9 Å². The van der Waals surface area contributed by atoms with Crippen LogP contribution in [-0.4, -0.2) is 43.6 Å². The van der Waals surface area contributed by atoms with Gasteiger partial charge in [-0.25, -0.2) is 0 Å². The first-order valence-corrected chi connectivity index (χ1v) is 10.7. The number of hydrogen-bond acceptors (Lipinski definition) is 2. The fourth-order valence-corrected chi connectivity index (χ4v) is 3.19. The second kappa shape index (κ2) is 6.42. The van der Waals surface area contributed by atoms with Crippen LogP contribution in [0.25, 0.3) is 0 Å². The quantitative estimate of drug-likeness (QED) is 0.447. The Bertz CT molecular complexity index is 392. The van der Waals surface area contributed by atoms with E-state index >= 15 is 0 Å². The molecule has 1 aliphatic heterocycles. The van der Waals surface area contributed by atoms with E-state index in [1.54, 1.807) is 4.90 Å². The Morgan fingerprint density at radius 2 is 2.05 bits per heavy atom. The lowest BCUT2D eigenvalue weighted by Gasteiger charge is -2.37. The Balaban J connectivity index is 2.61. The van der Waals surface area contributed by atoms with Crippen molar-refractivity contribution < 1.29 is 9.22 Å². The number of amides is 1. The molecule has 0 aromatic rings. The Labute approximate surface area is 126 Å². The molecule has 0 saturated carbocycles. The molecule has 0 radical (unpaired) electrons. The fraction of sp³-hybridized carbons (Fsp3) is 0.786. The van der Waals surface area contributed by atoms with Gasteiger partial charge >= 0.3 is 0 Å². The van der Waals surface area contributed by atoms with Crippen molar-refractivity contribution in [2.75, 3.05) is 18.4 Å². The van der Waals surface area contributed by atoms with E-state index in [-0.39, 0.29) is 17.0 Å². The largest absolute Gasteiger partial charge is 0.405 e. The van der Waals surface area contributed by atoms with Crippen LogP contribution in [0.3, 0.4) is 0 Å². The molecule has 108 valence electrons. The summed E-state index contributed by atoms with van der Waals surface area (Å²) in [6.45, 7) is 12.2. The van der Waals surface area contributed by atoms with Gasteiger partial charge in [0, 0.05) is 6.54 Å². The maximum absolute atomic E-state index is 12.2. The van der Waals surface area contributed by atoms with Gasteiger partial charge in [0.25, 0.3) is 5.91 Å². The lowest BCUT2D eigenvalue weighted by molar-refractivity contribution is -0.133. The first-order chi connectivity index (χ1) is 8.69. The maximum atomic E-state index is 12.2. The Hall–Kier alpha value is -0.313. The lowest BCUT2D eigenvalue weighted by Crippen LogP contribution is -2.46. The summed E-state index contributed by atoms with van der Waals surface area (Å²) in [5.74, 6) is 6.01. The van der Waals surface area contributed by atoms with Gasteiger partial charge in [0.1, 0.15) is 6.10 Å². The van der Waals surface area contributed by atoms with Crippen LogP contribution in [0, 0.1) is 11.8 Å². The minimum absolute atomic E-state index is 0.105. The molecule has 1 fully saturated rings. The van der Waals surface area contributed by atoms with E-state index in [0.717, 1.165) is 13.0 Å². The second-order valence-electron chi connectivity index (χ2n) is 6.40. The van der Waals surface area contributed by atoms with Crippen molar-refractivity contribution in [1.29, 1.82) is 0 Å². The van der Waals surface area contributed by atoms with Crippen molar-refractivity contribution in [2.24, 2.45) is 0 Å². The molecule has 19 heavy (non-hydrogen) atoms. The van der Waals surface area contributed by atoms with Gasteiger partial charge in [-0.1, -0.05) is 48.5 Å². The summed E-state index contributed by atoms with van der Waals surface area (Å²) in [6, 6.07) is 0. The highest BCUT2D eigenvalue weighted by molar-refractivity contribution is 9.09. The minimum atomic E-state index is -1.87. The van der Waals surface area contributed by atoms with E-state index < -0.39 is 8.32 Å². The summed E-state index contributed by atoms with van der Waals surface area (Å²) in [4.78, 5) is 14.0. The highest BCUT2D eigenvalue weighted by Gasteiger charge is 2.43. The topological polar surface area (TPSA) is 29.5 Å². The highest BCUT2D eigenvalue weighted by Crippen LogP contribution is 2.38. The summed E-state index contributed by atoms with van der Waals surface area (Å²) < 4.78 is 6.20. The predicted molar refractivity (Wildman–Crippen MR) is 84.8 cm³/mol. The number of rotatable bonds is 3. The van der Waals surface area contributed by atoms with Crippen LogP contribution in [0.4, 0.5) is 0 Å². The van der Waals surface area contributed by atoms with E-state index in [4.69, 9.17) is 4.43 Å². The van der Waals surface area contributed by atoms with Crippen molar-refractivity contribution in [2.45, 2.75) is 51.4 Å². The molecule has 1 rings (SSSR count). The van der Waals surface area contributed by atoms with Gasteiger partial charge in [-0.2, -0.15) is 0 Å². The monoisotopic (exact) mass is 345 g/mol. The van der Waals surface area contributed by atoms with Gasteiger partial charge in [-0.3, -0.25) is 4.79 Å². The van der Waals surface area contributed by atoms with Crippen molar-refractivity contribution in [1.82, 2.24) is 4.90 Å². The number of alkyl halides is 1. The first-order valence-electron chi connectivity index (χ1n) is 6.67. The average Bonchev–Trinajstić information content (AvgIpc) is 2.60. The molecule has 1 atom stereocenters. The van der Waals surface area contributed by atoms with Gasteiger partial charge in [0.15, 0.2) is 8.32 Å². The molecule has 5 heteroatoms. The number of carbonyl (C=O) groups excluding carboxylic acids is 1. The summed E-state index contributed by atoms with van der Waals surface area (Å²) in [6.07, 6.45) is 0.535. The van der Waals surface area contributed by atoms with Crippen LogP contribution in [0.15, 0.2) is 0 Å². The van der Waals surface area contributed by atoms with Gasteiger partial charge in [-0.15, -0.1) is 0 Å². The molecule has 1 aliphatic rings. The molecule has 3 nitrogen and oxygen atoms in total. The average molecular weight is 346 g/mol. The van der Waals surface area contributed by atoms with Crippen LogP contribution in [0.2, 0.25) is 18.1 Å². The van der Waals surface area contributed by atoms with Crippen molar-refractivity contribution in [3.05, 3.63) is 0 Å².